The Labute approximate surface area is 73.3 Å². The first-order valence-electron chi connectivity index (χ1n) is 4.35. The highest BCUT2D eigenvalue weighted by molar-refractivity contribution is 5.74. The average Bonchev–Trinajstić information content (AvgIpc) is 1.82. The monoisotopic (exact) mass is 168 g/mol. The summed E-state index contributed by atoms with van der Waals surface area (Å²) < 4.78 is 0. The number of carbonyl (C=O) groups is 1. The summed E-state index contributed by atoms with van der Waals surface area (Å²) in [6.07, 6.45) is 2.94. The second kappa shape index (κ2) is 2.92. The van der Waals surface area contributed by atoms with E-state index >= 15 is 0 Å². The van der Waals surface area contributed by atoms with Crippen LogP contribution in [-0.2, 0) is 4.79 Å². The van der Waals surface area contributed by atoms with Crippen LogP contribution in [0.4, 0.5) is 0 Å². The summed E-state index contributed by atoms with van der Waals surface area (Å²) in [4.78, 5) is 10.9. The maximum absolute atomic E-state index is 10.9. The molecule has 0 aromatic rings. The summed E-state index contributed by atoms with van der Waals surface area (Å²) in [7, 11) is 0. The Bertz CT molecular complexity index is 216. The smallest absolute Gasteiger partial charge is 0.311 e. The SMILES string of the molecule is C=C1CCCC(C)(C)C1C(=O)O. The fourth-order valence-electron chi connectivity index (χ4n) is 2.12. The van der Waals surface area contributed by atoms with Gasteiger partial charge in [0.2, 0.25) is 0 Å². The molecule has 68 valence electrons. The molecule has 0 bridgehead atoms. The lowest BCUT2D eigenvalue weighted by molar-refractivity contribution is -0.144. The van der Waals surface area contributed by atoms with Crippen molar-refractivity contribution in [2.75, 3.05) is 0 Å². The van der Waals surface area contributed by atoms with Gasteiger partial charge in [-0.1, -0.05) is 26.0 Å². The van der Waals surface area contributed by atoms with Crippen LogP contribution in [0.5, 0.6) is 0 Å². The van der Waals surface area contributed by atoms with Gasteiger partial charge in [-0.25, -0.2) is 0 Å². The minimum absolute atomic E-state index is 0.110. The van der Waals surface area contributed by atoms with Gasteiger partial charge in [0.25, 0.3) is 0 Å². The van der Waals surface area contributed by atoms with Gasteiger partial charge >= 0.3 is 5.97 Å². The van der Waals surface area contributed by atoms with Crippen molar-refractivity contribution in [1.82, 2.24) is 0 Å². The lowest BCUT2D eigenvalue weighted by Crippen LogP contribution is -2.35. The third-order valence-corrected chi connectivity index (χ3v) is 2.76. The Morgan fingerprint density at radius 1 is 1.67 bits per heavy atom. The zero-order chi connectivity index (χ0) is 9.35. The lowest BCUT2D eigenvalue weighted by Gasteiger charge is -2.37. The normalized spacial score (nSPS) is 28.5. The van der Waals surface area contributed by atoms with E-state index in [-0.39, 0.29) is 11.3 Å². The third-order valence-electron chi connectivity index (χ3n) is 2.76. The largest absolute Gasteiger partial charge is 0.481 e. The van der Waals surface area contributed by atoms with E-state index in [0.29, 0.717) is 0 Å². The Morgan fingerprint density at radius 2 is 2.25 bits per heavy atom. The van der Waals surface area contributed by atoms with Crippen LogP contribution >= 0.6 is 0 Å². The van der Waals surface area contributed by atoms with Gasteiger partial charge < -0.3 is 5.11 Å². The van der Waals surface area contributed by atoms with Crippen LogP contribution in [-0.4, -0.2) is 11.1 Å². The molecule has 0 radical (unpaired) electrons. The molecule has 1 saturated carbocycles. The van der Waals surface area contributed by atoms with Crippen molar-refractivity contribution in [1.29, 1.82) is 0 Å². The summed E-state index contributed by atoms with van der Waals surface area (Å²) in [5, 5.41) is 8.98. The van der Waals surface area contributed by atoms with Crippen LogP contribution in [0.3, 0.4) is 0 Å². The highest BCUT2D eigenvalue weighted by Gasteiger charge is 2.39. The number of carboxylic acid groups (broad SMARTS) is 1. The molecule has 2 nitrogen and oxygen atoms in total. The summed E-state index contributed by atoms with van der Waals surface area (Å²) in [6, 6.07) is 0. The first kappa shape index (κ1) is 9.30. The molecule has 1 rings (SSSR count). The molecule has 1 aliphatic carbocycles. The molecule has 1 atom stereocenters. The first-order valence-corrected chi connectivity index (χ1v) is 4.35. The number of hydrogen-bond donors (Lipinski definition) is 1. The average molecular weight is 168 g/mol. The molecular weight excluding hydrogens is 152 g/mol. The van der Waals surface area contributed by atoms with E-state index in [4.69, 9.17) is 5.11 Å². The molecule has 0 aromatic carbocycles. The van der Waals surface area contributed by atoms with Gasteiger partial charge in [0.15, 0.2) is 0 Å². The number of aliphatic carboxylic acids is 1. The molecule has 12 heavy (non-hydrogen) atoms. The van der Waals surface area contributed by atoms with Crippen LogP contribution in [0.25, 0.3) is 0 Å². The summed E-state index contributed by atoms with van der Waals surface area (Å²) in [5.41, 5.74) is 0.778. The number of carboxylic acids is 1. The minimum Gasteiger partial charge on any atom is -0.481 e. The Kier molecular flexibility index (Phi) is 2.27. The Morgan fingerprint density at radius 3 is 2.58 bits per heavy atom. The van der Waals surface area contributed by atoms with Gasteiger partial charge in [0, 0.05) is 0 Å². The van der Waals surface area contributed by atoms with E-state index in [1.165, 1.54) is 0 Å². The van der Waals surface area contributed by atoms with E-state index in [1.807, 2.05) is 13.8 Å². The zero-order valence-electron chi connectivity index (χ0n) is 7.76. The van der Waals surface area contributed by atoms with Crippen molar-refractivity contribution < 1.29 is 9.90 Å². The van der Waals surface area contributed by atoms with Crippen molar-refractivity contribution in [2.24, 2.45) is 11.3 Å². The maximum Gasteiger partial charge on any atom is 0.311 e. The van der Waals surface area contributed by atoms with Gasteiger partial charge in [-0.3, -0.25) is 4.79 Å². The molecular formula is C10H16O2. The van der Waals surface area contributed by atoms with Crippen LogP contribution in [0.2, 0.25) is 0 Å². The highest BCUT2D eigenvalue weighted by Crippen LogP contribution is 2.42. The fourth-order valence-corrected chi connectivity index (χ4v) is 2.12. The Hall–Kier alpha value is -0.790. The van der Waals surface area contributed by atoms with E-state index in [9.17, 15) is 4.79 Å². The lowest BCUT2D eigenvalue weighted by atomic mass is 9.67. The maximum atomic E-state index is 10.9. The van der Waals surface area contributed by atoms with Crippen LogP contribution < -0.4 is 0 Å². The molecule has 0 heterocycles. The molecule has 2 heteroatoms. The van der Waals surface area contributed by atoms with E-state index in [2.05, 4.69) is 6.58 Å². The molecule has 1 aliphatic rings. The van der Waals surface area contributed by atoms with Crippen LogP contribution in [0.15, 0.2) is 12.2 Å². The topological polar surface area (TPSA) is 37.3 Å². The Balaban J connectivity index is 2.88. The van der Waals surface area contributed by atoms with Gasteiger partial charge in [0.05, 0.1) is 5.92 Å². The fraction of sp³-hybridized carbons (Fsp3) is 0.700. The quantitative estimate of drug-likeness (QED) is 0.610. The summed E-state index contributed by atoms with van der Waals surface area (Å²) >= 11 is 0. The van der Waals surface area contributed by atoms with E-state index in [0.717, 1.165) is 24.8 Å². The number of hydrogen-bond acceptors (Lipinski definition) is 1. The van der Waals surface area contributed by atoms with E-state index in [1.54, 1.807) is 0 Å². The van der Waals surface area contributed by atoms with Crippen molar-refractivity contribution >= 4 is 5.97 Å². The van der Waals surface area contributed by atoms with Gasteiger partial charge in [-0.2, -0.15) is 0 Å². The van der Waals surface area contributed by atoms with Gasteiger partial charge in [-0.05, 0) is 24.7 Å². The van der Waals surface area contributed by atoms with Crippen molar-refractivity contribution in [3.8, 4) is 0 Å². The standard InChI is InChI=1S/C10H16O2/c1-7-5-4-6-10(2,3)8(7)9(11)12/h8H,1,4-6H2,2-3H3,(H,11,12). The number of rotatable bonds is 1. The minimum atomic E-state index is -0.718. The third kappa shape index (κ3) is 1.52. The summed E-state index contributed by atoms with van der Waals surface area (Å²) in [5.74, 6) is -1.06. The molecule has 0 aliphatic heterocycles. The van der Waals surface area contributed by atoms with Crippen LogP contribution in [0.1, 0.15) is 33.1 Å². The molecule has 0 amide bonds. The predicted octanol–water partition coefficient (Wildman–Crippen LogP) is 2.45. The predicted molar refractivity (Wildman–Crippen MR) is 47.9 cm³/mol. The molecule has 1 unspecified atom stereocenters. The second-order valence-electron chi connectivity index (χ2n) is 4.27. The summed E-state index contributed by atoms with van der Waals surface area (Å²) in [6.45, 7) is 7.85. The zero-order valence-corrected chi connectivity index (χ0v) is 7.76. The molecule has 0 spiro atoms. The highest BCUT2D eigenvalue weighted by atomic mass is 16.4. The molecule has 1 N–H and O–H groups in total. The molecule has 1 fully saturated rings. The van der Waals surface area contributed by atoms with Gasteiger partial charge in [-0.15, -0.1) is 0 Å². The molecule has 0 aromatic heterocycles. The van der Waals surface area contributed by atoms with Crippen molar-refractivity contribution in [3.05, 3.63) is 12.2 Å². The van der Waals surface area contributed by atoms with E-state index < -0.39 is 5.97 Å². The first-order chi connectivity index (χ1) is 5.45. The van der Waals surface area contributed by atoms with Crippen LogP contribution in [0, 0.1) is 11.3 Å². The molecule has 0 saturated heterocycles. The van der Waals surface area contributed by atoms with Crippen molar-refractivity contribution in [3.63, 3.8) is 0 Å². The second-order valence-corrected chi connectivity index (χ2v) is 4.27. The van der Waals surface area contributed by atoms with Crippen molar-refractivity contribution in [2.45, 2.75) is 33.1 Å². The van der Waals surface area contributed by atoms with Gasteiger partial charge in [0.1, 0.15) is 0 Å².